The van der Waals surface area contributed by atoms with E-state index in [1.807, 2.05) is 66.1 Å². The third kappa shape index (κ3) is 5.18. The van der Waals surface area contributed by atoms with Crippen molar-refractivity contribution in [3.05, 3.63) is 65.7 Å². The third-order valence-electron chi connectivity index (χ3n) is 4.95. The molecule has 3 rings (SSSR count). The van der Waals surface area contributed by atoms with Crippen molar-refractivity contribution in [2.45, 2.75) is 50.1 Å². The Morgan fingerprint density at radius 3 is 2.33 bits per heavy atom. The summed E-state index contributed by atoms with van der Waals surface area (Å²) in [5, 5.41) is 9.21. The Labute approximate surface area is 182 Å². The van der Waals surface area contributed by atoms with Gasteiger partial charge in [-0.3, -0.25) is 9.36 Å². The van der Waals surface area contributed by atoms with Gasteiger partial charge in [-0.2, -0.15) is 0 Å². The number of Topliss-reactive ketones (excluding diaryl/α,β-unsaturated/α-hetero) is 1. The van der Waals surface area contributed by atoms with Crippen LogP contribution in [0.4, 0.5) is 0 Å². The molecule has 0 radical (unpaired) electrons. The van der Waals surface area contributed by atoms with Gasteiger partial charge in [-0.25, -0.2) is 0 Å². The highest BCUT2D eigenvalue weighted by molar-refractivity contribution is 8.00. The van der Waals surface area contributed by atoms with Crippen LogP contribution in [0.1, 0.15) is 43.6 Å². The lowest BCUT2D eigenvalue weighted by Crippen LogP contribution is -2.16. The Balaban J connectivity index is 1.81. The van der Waals surface area contributed by atoms with Gasteiger partial charge in [0, 0.05) is 18.2 Å². The second-order valence-corrected chi connectivity index (χ2v) is 9.58. The van der Waals surface area contributed by atoms with Crippen molar-refractivity contribution in [2.75, 3.05) is 13.7 Å². The maximum Gasteiger partial charge on any atom is 0.192 e. The maximum atomic E-state index is 13.0. The SMILES string of the molecule is COCCn1c(S[C@@H](C)C(=O)c2ccc(C(C)(C)C)cc2)nnc1-c1ccccc1. The fourth-order valence-corrected chi connectivity index (χ4v) is 4.09. The molecule has 6 heteroatoms. The van der Waals surface area contributed by atoms with E-state index >= 15 is 0 Å². The fourth-order valence-electron chi connectivity index (χ4n) is 3.14. The number of aromatic nitrogens is 3. The number of ether oxygens (including phenoxy) is 1. The number of carbonyl (C=O) groups is 1. The molecular formula is C24H29N3O2S. The van der Waals surface area contributed by atoms with Crippen LogP contribution in [0.5, 0.6) is 0 Å². The van der Waals surface area contributed by atoms with Gasteiger partial charge in [-0.1, -0.05) is 87.1 Å². The highest BCUT2D eigenvalue weighted by atomic mass is 32.2. The van der Waals surface area contributed by atoms with E-state index in [0.29, 0.717) is 18.7 Å². The van der Waals surface area contributed by atoms with Crippen molar-refractivity contribution in [3.63, 3.8) is 0 Å². The number of rotatable bonds is 8. The molecule has 0 bridgehead atoms. The van der Waals surface area contributed by atoms with Gasteiger partial charge < -0.3 is 4.74 Å². The summed E-state index contributed by atoms with van der Waals surface area (Å²) >= 11 is 1.43. The van der Waals surface area contributed by atoms with E-state index in [2.05, 4.69) is 31.0 Å². The Hall–Kier alpha value is -2.44. The molecule has 158 valence electrons. The lowest BCUT2D eigenvalue weighted by molar-refractivity contribution is 0.0993. The topological polar surface area (TPSA) is 57.0 Å². The molecule has 0 aliphatic carbocycles. The summed E-state index contributed by atoms with van der Waals surface area (Å²) in [4.78, 5) is 13.0. The molecule has 1 atom stereocenters. The highest BCUT2D eigenvalue weighted by Gasteiger charge is 2.22. The largest absolute Gasteiger partial charge is 0.383 e. The van der Waals surface area contributed by atoms with Crippen molar-refractivity contribution in [1.82, 2.24) is 14.8 Å². The van der Waals surface area contributed by atoms with Crippen LogP contribution in [-0.4, -0.2) is 39.5 Å². The molecule has 1 aromatic heterocycles. The summed E-state index contributed by atoms with van der Waals surface area (Å²) in [6.45, 7) is 9.58. The zero-order valence-electron chi connectivity index (χ0n) is 18.3. The lowest BCUT2D eigenvalue weighted by Gasteiger charge is -2.19. The number of benzene rings is 2. The van der Waals surface area contributed by atoms with E-state index in [9.17, 15) is 4.79 Å². The minimum atomic E-state index is -0.278. The predicted molar refractivity (Wildman–Crippen MR) is 122 cm³/mol. The first-order valence-corrected chi connectivity index (χ1v) is 11.0. The molecule has 1 heterocycles. The molecular weight excluding hydrogens is 394 g/mol. The van der Waals surface area contributed by atoms with Crippen LogP contribution in [0.25, 0.3) is 11.4 Å². The second kappa shape index (κ2) is 9.58. The van der Waals surface area contributed by atoms with Gasteiger partial charge >= 0.3 is 0 Å². The summed E-state index contributed by atoms with van der Waals surface area (Å²) in [5.41, 5.74) is 2.98. The van der Waals surface area contributed by atoms with Crippen LogP contribution >= 0.6 is 11.8 Å². The van der Waals surface area contributed by atoms with Gasteiger partial charge in [0.25, 0.3) is 0 Å². The smallest absolute Gasteiger partial charge is 0.192 e. The molecule has 0 aliphatic heterocycles. The average Bonchev–Trinajstić information content (AvgIpc) is 3.14. The molecule has 0 saturated carbocycles. The first-order chi connectivity index (χ1) is 14.3. The average molecular weight is 424 g/mol. The quantitative estimate of drug-likeness (QED) is 0.366. The van der Waals surface area contributed by atoms with E-state index in [-0.39, 0.29) is 16.4 Å². The van der Waals surface area contributed by atoms with Gasteiger partial charge in [0.1, 0.15) is 0 Å². The monoisotopic (exact) mass is 423 g/mol. The summed E-state index contributed by atoms with van der Waals surface area (Å²) in [6, 6.07) is 17.9. The van der Waals surface area contributed by atoms with Crippen molar-refractivity contribution < 1.29 is 9.53 Å². The van der Waals surface area contributed by atoms with Gasteiger partial charge in [0.15, 0.2) is 16.8 Å². The molecule has 0 N–H and O–H groups in total. The molecule has 0 unspecified atom stereocenters. The van der Waals surface area contributed by atoms with Crippen LogP contribution in [0.2, 0.25) is 0 Å². The third-order valence-corrected chi connectivity index (χ3v) is 6.04. The lowest BCUT2D eigenvalue weighted by atomic mass is 9.86. The second-order valence-electron chi connectivity index (χ2n) is 8.27. The normalized spacial score (nSPS) is 12.7. The Bertz CT molecular complexity index is 976. The van der Waals surface area contributed by atoms with Crippen molar-refractivity contribution >= 4 is 17.5 Å². The number of ketones is 1. The van der Waals surface area contributed by atoms with Crippen molar-refractivity contribution in [2.24, 2.45) is 0 Å². The molecule has 2 aromatic carbocycles. The summed E-state index contributed by atoms with van der Waals surface area (Å²) in [5.74, 6) is 0.868. The number of thioether (sulfide) groups is 1. The van der Waals surface area contributed by atoms with Crippen LogP contribution in [0.15, 0.2) is 59.8 Å². The first kappa shape index (κ1) is 22.2. The number of carbonyl (C=O) groups excluding carboxylic acids is 1. The Kier molecular flexibility index (Phi) is 7.10. The van der Waals surface area contributed by atoms with E-state index in [1.165, 1.54) is 17.3 Å². The van der Waals surface area contributed by atoms with Gasteiger partial charge in [0.05, 0.1) is 18.4 Å². The zero-order chi connectivity index (χ0) is 21.7. The molecule has 0 fully saturated rings. The number of nitrogens with zero attached hydrogens (tertiary/aromatic N) is 3. The molecule has 30 heavy (non-hydrogen) atoms. The molecule has 3 aromatic rings. The van der Waals surface area contributed by atoms with Gasteiger partial charge in [0.2, 0.25) is 0 Å². The standard InChI is InChI=1S/C24H29N3O2S/c1-17(21(28)18-11-13-20(14-12-18)24(2,3)4)30-23-26-25-22(27(23)15-16-29-5)19-9-7-6-8-10-19/h6-14,17H,15-16H2,1-5H3/t17-/m0/s1. The minimum absolute atomic E-state index is 0.0630. The van der Waals surface area contributed by atoms with Crippen molar-refractivity contribution in [1.29, 1.82) is 0 Å². The van der Waals surface area contributed by atoms with E-state index in [4.69, 9.17) is 4.74 Å². The number of methoxy groups -OCH3 is 1. The van der Waals surface area contributed by atoms with Crippen LogP contribution in [0.3, 0.4) is 0 Å². The summed E-state index contributed by atoms with van der Waals surface area (Å²) < 4.78 is 7.29. The van der Waals surface area contributed by atoms with Crippen LogP contribution < -0.4 is 0 Å². The Morgan fingerprint density at radius 1 is 1.07 bits per heavy atom. The van der Waals surface area contributed by atoms with Crippen LogP contribution in [0, 0.1) is 0 Å². The Morgan fingerprint density at radius 2 is 1.73 bits per heavy atom. The van der Waals surface area contributed by atoms with E-state index < -0.39 is 0 Å². The summed E-state index contributed by atoms with van der Waals surface area (Å²) in [7, 11) is 1.67. The van der Waals surface area contributed by atoms with Crippen LogP contribution in [-0.2, 0) is 16.7 Å². The van der Waals surface area contributed by atoms with Crippen molar-refractivity contribution in [3.8, 4) is 11.4 Å². The highest BCUT2D eigenvalue weighted by Crippen LogP contribution is 2.29. The zero-order valence-corrected chi connectivity index (χ0v) is 19.1. The van der Waals surface area contributed by atoms with Gasteiger partial charge in [-0.15, -0.1) is 10.2 Å². The maximum absolute atomic E-state index is 13.0. The molecule has 0 spiro atoms. The summed E-state index contributed by atoms with van der Waals surface area (Å²) in [6.07, 6.45) is 0. The number of hydrogen-bond donors (Lipinski definition) is 0. The first-order valence-electron chi connectivity index (χ1n) is 10.1. The van der Waals surface area contributed by atoms with Gasteiger partial charge in [-0.05, 0) is 17.9 Å². The predicted octanol–water partition coefficient (Wildman–Crippen LogP) is 5.25. The van der Waals surface area contributed by atoms with E-state index in [0.717, 1.165) is 16.5 Å². The van der Waals surface area contributed by atoms with E-state index in [1.54, 1.807) is 7.11 Å². The fraction of sp³-hybridized carbons (Fsp3) is 0.375. The molecule has 0 amide bonds. The number of hydrogen-bond acceptors (Lipinski definition) is 5. The minimum Gasteiger partial charge on any atom is -0.383 e. The molecule has 0 aliphatic rings. The molecule has 5 nitrogen and oxygen atoms in total. The molecule has 0 saturated heterocycles.